The van der Waals surface area contributed by atoms with Crippen LogP contribution < -0.4 is 0 Å². The number of hydrogen-bond acceptors (Lipinski definition) is 4. The molecule has 1 heterocycles. The van der Waals surface area contributed by atoms with Gasteiger partial charge in [0.1, 0.15) is 5.75 Å². The zero-order valence-corrected chi connectivity index (χ0v) is 11.7. The van der Waals surface area contributed by atoms with Gasteiger partial charge in [-0.1, -0.05) is 12.1 Å². The van der Waals surface area contributed by atoms with Gasteiger partial charge in [-0.15, -0.1) is 0 Å². The van der Waals surface area contributed by atoms with Crippen molar-refractivity contribution < 1.29 is 9.90 Å². The third-order valence-corrected chi connectivity index (χ3v) is 3.04. The van der Waals surface area contributed by atoms with Gasteiger partial charge in [-0.05, 0) is 45.1 Å². The van der Waals surface area contributed by atoms with E-state index in [1.165, 1.54) is 18.2 Å². The quantitative estimate of drug-likeness (QED) is 0.686. The largest absolute Gasteiger partial charge is 0.508 e. The van der Waals surface area contributed by atoms with E-state index >= 15 is 0 Å². The van der Waals surface area contributed by atoms with Crippen molar-refractivity contribution in [3.05, 3.63) is 58.7 Å². The lowest BCUT2D eigenvalue weighted by atomic mass is 10.1. The zero-order chi connectivity index (χ0) is 14.7. The lowest BCUT2D eigenvalue weighted by Crippen LogP contribution is -1.99. The highest BCUT2D eigenvalue weighted by atomic mass is 16.3. The maximum atomic E-state index is 12.0. The Kier molecular flexibility index (Phi) is 3.94. The van der Waals surface area contributed by atoms with Crippen LogP contribution in [0, 0.1) is 20.8 Å². The molecule has 0 radical (unpaired) electrons. The molecule has 0 spiro atoms. The van der Waals surface area contributed by atoms with Gasteiger partial charge < -0.3 is 5.11 Å². The molecule has 2 aromatic rings. The number of nitrogens with zero attached hydrogens (tertiary/aromatic N) is 2. The predicted molar refractivity (Wildman–Crippen MR) is 77.7 cm³/mol. The van der Waals surface area contributed by atoms with Gasteiger partial charge in [-0.25, -0.2) is 4.98 Å². The lowest BCUT2D eigenvalue weighted by Gasteiger charge is -2.03. The van der Waals surface area contributed by atoms with Crippen LogP contribution in [0.5, 0.6) is 5.75 Å². The van der Waals surface area contributed by atoms with Crippen molar-refractivity contribution in [3.63, 3.8) is 0 Å². The number of allylic oxidation sites excluding steroid dienone is 1. The topological polar surface area (TPSA) is 63.1 Å². The first-order chi connectivity index (χ1) is 9.47. The summed E-state index contributed by atoms with van der Waals surface area (Å²) in [6.45, 7) is 5.65. The molecule has 1 N–H and O–H groups in total. The Morgan fingerprint density at radius 2 is 1.80 bits per heavy atom. The summed E-state index contributed by atoms with van der Waals surface area (Å²) in [6, 6.07) is 6.26. The highest BCUT2D eigenvalue weighted by Crippen LogP contribution is 2.13. The Morgan fingerprint density at radius 3 is 2.50 bits per heavy atom. The van der Waals surface area contributed by atoms with E-state index in [2.05, 4.69) is 9.97 Å². The number of rotatable bonds is 3. The van der Waals surface area contributed by atoms with Crippen LogP contribution in [0.3, 0.4) is 0 Å². The maximum absolute atomic E-state index is 12.0. The molecule has 1 aromatic carbocycles. The highest BCUT2D eigenvalue weighted by Gasteiger charge is 2.05. The summed E-state index contributed by atoms with van der Waals surface area (Å²) in [5, 5.41) is 9.36. The smallest absolute Gasteiger partial charge is 0.186 e. The number of ketones is 1. The van der Waals surface area contributed by atoms with Crippen LogP contribution in [-0.2, 0) is 0 Å². The summed E-state index contributed by atoms with van der Waals surface area (Å²) in [7, 11) is 0. The minimum absolute atomic E-state index is 0.0754. The first-order valence-electron chi connectivity index (χ1n) is 6.30. The minimum Gasteiger partial charge on any atom is -0.508 e. The van der Waals surface area contributed by atoms with Crippen molar-refractivity contribution >= 4 is 11.9 Å². The highest BCUT2D eigenvalue weighted by molar-refractivity contribution is 6.06. The first-order valence-corrected chi connectivity index (χ1v) is 6.30. The summed E-state index contributed by atoms with van der Waals surface area (Å²) in [5.41, 5.74) is 3.64. The number of hydrogen-bond donors (Lipinski definition) is 1. The molecule has 4 nitrogen and oxygen atoms in total. The van der Waals surface area contributed by atoms with Crippen LogP contribution in [-0.4, -0.2) is 20.9 Å². The summed E-state index contributed by atoms with van der Waals surface area (Å²) < 4.78 is 0. The molecule has 0 amide bonds. The Hall–Kier alpha value is -2.49. The third kappa shape index (κ3) is 3.09. The van der Waals surface area contributed by atoms with Crippen molar-refractivity contribution in [2.24, 2.45) is 0 Å². The van der Waals surface area contributed by atoms with Crippen LogP contribution in [0.2, 0.25) is 0 Å². The Morgan fingerprint density at radius 1 is 1.10 bits per heavy atom. The molecule has 2 rings (SSSR count). The fourth-order valence-corrected chi connectivity index (χ4v) is 1.80. The van der Waals surface area contributed by atoms with Gasteiger partial charge in [-0.3, -0.25) is 9.78 Å². The molecule has 0 aliphatic rings. The van der Waals surface area contributed by atoms with Crippen LogP contribution in [0.1, 0.15) is 33.1 Å². The molecule has 20 heavy (non-hydrogen) atoms. The van der Waals surface area contributed by atoms with Gasteiger partial charge in [0, 0.05) is 5.56 Å². The van der Waals surface area contributed by atoms with E-state index in [1.54, 1.807) is 18.2 Å². The van der Waals surface area contributed by atoms with Crippen LogP contribution in [0.25, 0.3) is 6.08 Å². The zero-order valence-electron chi connectivity index (χ0n) is 11.7. The molecule has 0 fully saturated rings. The number of phenols is 1. The van der Waals surface area contributed by atoms with Gasteiger partial charge in [0.15, 0.2) is 5.78 Å². The molecule has 0 aliphatic carbocycles. The van der Waals surface area contributed by atoms with E-state index in [0.717, 1.165) is 17.1 Å². The second-order valence-corrected chi connectivity index (χ2v) is 4.61. The lowest BCUT2D eigenvalue weighted by molar-refractivity contribution is 0.104. The normalized spacial score (nSPS) is 10.9. The first kappa shape index (κ1) is 13.9. The van der Waals surface area contributed by atoms with Crippen LogP contribution in [0.15, 0.2) is 30.3 Å². The monoisotopic (exact) mass is 268 g/mol. The SMILES string of the molecule is Cc1nc(C)c(/C=C/C(=O)c2cccc(O)c2)nc1C. The number of aromatic nitrogens is 2. The Balaban J connectivity index is 2.26. The molecule has 0 atom stereocenters. The summed E-state index contributed by atoms with van der Waals surface area (Å²) in [5.74, 6) is -0.105. The van der Waals surface area contributed by atoms with Gasteiger partial charge in [0.25, 0.3) is 0 Å². The number of benzene rings is 1. The number of phenolic OH excluding ortho intramolecular Hbond substituents is 1. The molecule has 0 unspecified atom stereocenters. The molecule has 1 aromatic heterocycles. The maximum Gasteiger partial charge on any atom is 0.186 e. The molecular weight excluding hydrogens is 252 g/mol. The predicted octanol–water partition coefficient (Wildman–Crippen LogP) is 3.00. The Bertz CT molecular complexity index is 691. The average molecular weight is 268 g/mol. The molecule has 0 aliphatic heterocycles. The molecular formula is C16H16N2O2. The average Bonchev–Trinajstić information content (AvgIpc) is 2.41. The van der Waals surface area contributed by atoms with Crippen molar-refractivity contribution in [2.75, 3.05) is 0 Å². The number of aromatic hydroxyl groups is 1. The van der Waals surface area contributed by atoms with Gasteiger partial charge in [0.2, 0.25) is 0 Å². The standard InChI is InChI=1S/C16H16N2O2/c1-10-11(2)18-15(12(3)17-10)7-8-16(20)13-5-4-6-14(19)9-13/h4-9,19H,1-3H3/b8-7+. The number of aryl methyl sites for hydroxylation is 3. The summed E-state index contributed by atoms with van der Waals surface area (Å²) in [4.78, 5) is 20.8. The van der Waals surface area contributed by atoms with E-state index in [4.69, 9.17) is 0 Å². The van der Waals surface area contributed by atoms with Crippen LogP contribution >= 0.6 is 0 Å². The fourth-order valence-electron chi connectivity index (χ4n) is 1.80. The molecule has 0 saturated heterocycles. The minimum atomic E-state index is -0.180. The van der Waals surface area contributed by atoms with E-state index in [9.17, 15) is 9.90 Å². The van der Waals surface area contributed by atoms with E-state index in [0.29, 0.717) is 11.3 Å². The van der Waals surface area contributed by atoms with E-state index in [1.807, 2.05) is 20.8 Å². The second-order valence-electron chi connectivity index (χ2n) is 4.61. The summed E-state index contributed by atoms with van der Waals surface area (Å²) >= 11 is 0. The molecule has 4 heteroatoms. The second kappa shape index (κ2) is 5.65. The molecule has 0 bridgehead atoms. The fraction of sp³-hybridized carbons (Fsp3) is 0.188. The van der Waals surface area contributed by atoms with Crippen molar-refractivity contribution in [2.45, 2.75) is 20.8 Å². The van der Waals surface area contributed by atoms with Crippen molar-refractivity contribution in [3.8, 4) is 5.75 Å². The van der Waals surface area contributed by atoms with E-state index < -0.39 is 0 Å². The third-order valence-electron chi connectivity index (χ3n) is 3.04. The van der Waals surface area contributed by atoms with Crippen molar-refractivity contribution in [1.82, 2.24) is 9.97 Å². The van der Waals surface area contributed by atoms with E-state index in [-0.39, 0.29) is 11.5 Å². The van der Waals surface area contributed by atoms with Gasteiger partial charge in [0.05, 0.1) is 22.8 Å². The molecule has 102 valence electrons. The Labute approximate surface area is 117 Å². The van der Waals surface area contributed by atoms with Crippen molar-refractivity contribution in [1.29, 1.82) is 0 Å². The van der Waals surface area contributed by atoms with Crippen LogP contribution in [0.4, 0.5) is 0 Å². The number of carbonyl (C=O) groups excluding carboxylic acids is 1. The summed E-state index contributed by atoms with van der Waals surface area (Å²) in [6.07, 6.45) is 3.10. The molecule has 0 saturated carbocycles. The van der Waals surface area contributed by atoms with Gasteiger partial charge >= 0.3 is 0 Å². The van der Waals surface area contributed by atoms with Gasteiger partial charge in [-0.2, -0.15) is 0 Å². The number of carbonyl (C=O) groups is 1.